The summed E-state index contributed by atoms with van der Waals surface area (Å²) in [5.41, 5.74) is 0. The number of thioether (sulfide) groups is 1. The summed E-state index contributed by atoms with van der Waals surface area (Å²) in [4.78, 5) is 33.2. The van der Waals surface area contributed by atoms with Gasteiger partial charge in [-0.2, -0.15) is 0 Å². The third-order valence-electron chi connectivity index (χ3n) is 3.23. The smallest absolute Gasteiger partial charge is 0.305 e. The Bertz CT molecular complexity index is 330. The molecule has 0 saturated carbocycles. The minimum absolute atomic E-state index is 0.101. The number of ether oxygens (including phenoxy) is 2. The van der Waals surface area contributed by atoms with Gasteiger partial charge in [-0.1, -0.05) is 24.6 Å². The zero-order valence-electron chi connectivity index (χ0n) is 13.2. The maximum absolute atomic E-state index is 11.2. The van der Waals surface area contributed by atoms with E-state index in [4.69, 9.17) is 0 Å². The van der Waals surface area contributed by atoms with Crippen molar-refractivity contribution in [1.82, 2.24) is 0 Å². The van der Waals surface area contributed by atoms with Crippen molar-refractivity contribution in [3.05, 3.63) is 0 Å². The monoisotopic (exact) mass is 318 g/mol. The molecule has 0 spiro atoms. The Balaban J connectivity index is 3.94. The number of unbranched alkanes of at least 4 members (excludes halogenated alkanes) is 2. The number of carbonyl (C=O) groups excluding carboxylic acids is 3. The van der Waals surface area contributed by atoms with Crippen LogP contribution in [0.3, 0.4) is 0 Å². The lowest BCUT2D eigenvalue weighted by Crippen LogP contribution is -2.10. The van der Waals surface area contributed by atoms with Crippen molar-refractivity contribution >= 4 is 28.8 Å². The van der Waals surface area contributed by atoms with Crippen LogP contribution in [0.5, 0.6) is 0 Å². The van der Waals surface area contributed by atoms with E-state index < -0.39 is 0 Å². The maximum Gasteiger partial charge on any atom is 0.305 e. The number of esters is 2. The van der Waals surface area contributed by atoms with Crippen LogP contribution < -0.4 is 0 Å². The molecule has 122 valence electrons. The van der Waals surface area contributed by atoms with Crippen LogP contribution >= 0.6 is 11.8 Å². The largest absolute Gasteiger partial charge is 0.469 e. The Labute approximate surface area is 131 Å². The van der Waals surface area contributed by atoms with E-state index in [-0.39, 0.29) is 17.1 Å². The molecule has 0 aliphatic carbocycles. The molecule has 1 unspecified atom stereocenters. The van der Waals surface area contributed by atoms with Crippen LogP contribution in [0.15, 0.2) is 0 Å². The fourth-order valence-corrected chi connectivity index (χ4v) is 2.76. The molecule has 0 aromatic heterocycles. The van der Waals surface area contributed by atoms with Gasteiger partial charge in [-0.15, -0.1) is 0 Å². The molecule has 0 aliphatic rings. The molecule has 0 fully saturated rings. The number of hydrogen-bond donors (Lipinski definition) is 0. The third kappa shape index (κ3) is 12.4. The van der Waals surface area contributed by atoms with Crippen molar-refractivity contribution in [2.45, 2.75) is 51.9 Å². The van der Waals surface area contributed by atoms with Crippen LogP contribution in [-0.2, 0) is 23.9 Å². The Morgan fingerprint density at radius 2 is 1.52 bits per heavy atom. The lowest BCUT2D eigenvalue weighted by Gasteiger charge is -2.15. The predicted molar refractivity (Wildman–Crippen MR) is 83.0 cm³/mol. The fraction of sp³-hybridized carbons (Fsp3) is 0.800. The Morgan fingerprint density at radius 1 is 0.905 bits per heavy atom. The second-order valence-corrected chi connectivity index (χ2v) is 6.16. The van der Waals surface area contributed by atoms with Crippen molar-refractivity contribution in [1.29, 1.82) is 0 Å². The molecule has 0 N–H and O–H groups in total. The van der Waals surface area contributed by atoms with Gasteiger partial charge in [0.15, 0.2) is 5.12 Å². The van der Waals surface area contributed by atoms with Gasteiger partial charge in [0.05, 0.1) is 14.2 Å². The van der Waals surface area contributed by atoms with Gasteiger partial charge in [0.1, 0.15) is 0 Å². The minimum Gasteiger partial charge on any atom is -0.469 e. The van der Waals surface area contributed by atoms with E-state index in [0.29, 0.717) is 18.8 Å². The highest BCUT2D eigenvalue weighted by atomic mass is 32.2. The Morgan fingerprint density at radius 3 is 2.10 bits per heavy atom. The van der Waals surface area contributed by atoms with Crippen LogP contribution in [0.25, 0.3) is 0 Å². The number of carbonyl (C=O) groups is 3. The van der Waals surface area contributed by atoms with E-state index >= 15 is 0 Å². The van der Waals surface area contributed by atoms with Crippen molar-refractivity contribution in [3.63, 3.8) is 0 Å². The van der Waals surface area contributed by atoms with E-state index in [1.165, 1.54) is 26.0 Å². The first-order chi connectivity index (χ1) is 9.99. The summed E-state index contributed by atoms with van der Waals surface area (Å²) in [5, 5.41) is 0.101. The summed E-state index contributed by atoms with van der Waals surface area (Å²) in [7, 11) is 2.78. The molecule has 21 heavy (non-hydrogen) atoms. The standard InChI is InChI=1S/C15H26O5S/c1-12(16)21-11-13(9-10-15(18)20-3)7-5-4-6-8-14(17)19-2/h13H,4-11H2,1-3H3. The molecule has 0 radical (unpaired) electrons. The zero-order valence-corrected chi connectivity index (χ0v) is 14.0. The van der Waals surface area contributed by atoms with E-state index in [9.17, 15) is 14.4 Å². The zero-order chi connectivity index (χ0) is 16.1. The summed E-state index contributed by atoms with van der Waals surface area (Å²) in [6.45, 7) is 1.55. The summed E-state index contributed by atoms with van der Waals surface area (Å²) in [6, 6.07) is 0. The second kappa shape index (κ2) is 12.7. The highest BCUT2D eigenvalue weighted by Gasteiger charge is 2.13. The molecule has 0 bridgehead atoms. The summed E-state index contributed by atoms with van der Waals surface area (Å²) in [5.74, 6) is 0.683. The van der Waals surface area contributed by atoms with Crippen LogP contribution in [0.2, 0.25) is 0 Å². The fourth-order valence-electron chi connectivity index (χ4n) is 1.95. The highest BCUT2D eigenvalue weighted by molar-refractivity contribution is 8.13. The van der Waals surface area contributed by atoms with Gasteiger partial charge >= 0.3 is 11.9 Å². The van der Waals surface area contributed by atoms with Gasteiger partial charge in [0.25, 0.3) is 0 Å². The molecule has 0 amide bonds. The molecule has 0 aromatic rings. The van der Waals surface area contributed by atoms with Gasteiger partial charge < -0.3 is 9.47 Å². The molecular weight excluding hydrogens is 292 g/mol. The molecule has 1 atom stereocenters. The lowest BCUT2D eigenvalue weighted by molar-refractivity contribution is -0.141. The topological polar surface area (TPSA) is 69.7 Å². The SMILES string of the molecule is COC(=O)CCCCCC(CCC(=O)OC)CSC(C)=O. The molecule has 0 saturated heterocycles. The minimum atomic E-state index is -0.210. The van der Waals surface area contributed by atoms with Crippen molar-refractivity contribution in [2.75, 3.05) is 20.0 Å². The first kappa shape index (κ1) is 20.0. The van der Waals surface area contributed by atoms with Crippen LogP contribution in [0.4, 0.5) is 0 Å². The molecule has 0 aromatic carbocycles. The van der Waals surface area contributed by atoms with E-state index in [0.717, 1.165) is 37.9 Å². The third-order valence-corrected chi connectivity index (χ3v) is 4.27. The number of hydrogen-bond acceptors (Lipinski definition) is 6. The molecule has 0 aliphatic heterocycles. The molecule has 6 heteroatoms. The molecular formula is C15H26O5S. The van der Waals surface area contributed by atoms with Gasteiger partial charge in [-0.25, -0.2) is 0 Å². The van der Waals surface area contributed by atoms with Crippen molar-refractivity contribution in [3.8, 4) is 0 Å². The van der Waals surface area contributed by atoms with Gasteiger partial charge in [-0.05, 0) is 25.2 Å². The van der Waals surface area contributed by atoms with Crippen LogP contribution in [-0.4, -0.2) is 37.0 Å². The molecule has 0 heterocycles. The Hall–Kier alpha value is -1.04. The van der Waals surface area contributed by atoms with Crippen LogP contribution in [0.1, 0.15) is 51.9 Å². The predicted octanol–water partition coefficient (Wildman–Crippen LogP) is 2.96. The average molecular weight is 318 g/mol. The van der Waals surface area contributed by atoms with Gasteiger partial charge in [0.2, 0.25) is 0 Å². The quantitative estimate of drug-likeness (QED) is 0.431. The first-order valence-corrected chi connectivity index (χ1v) is 8.25. The summed E-state index contributed by atoms with van der Waals surface area (Å²) >= 11 is 1.31. The lowest BCUT2D eigenvalue weighted by atomic mass is 9.97. The van der Waals surface area contributed by atoms with Gasteiger partial charge in [-0.3, -0.25) is 14.4 Å². The maximum atomic E-state index is 11.2. The van der Waals surface area contributed by atoms with Gasteiger partial charge in [0, 0.05) is 25.5 Å². The first-order valence-electron chi connectivity index (χ1n) is 7.26. The van der Waals surface area contributed by atoms with E-state index in [1.807, 2.05) is 0 Å². The van der Waals surface area contributed by atoms with Crippen LogP contribution in [0, 0.1) is 5.92 Å². The number of methoxy groups -OCH3 is 2. The van der Waals surface area contributed by atoms with E-state index in [2.05, 4.69) is 9.47 Å². The summed E-state index contributed by atoms with van der Waals surface area (Å²) < 4.78 is 9.23. The summed E-state index contributed by atoms with van der Waals surface area (Å²) in [6.07, 6.45) is 5.29. The van der Waals surface area contributed by atoms with E-state index in [1.54, 1.807) is 6.92 Å². The highest BCUT2D eigenvalue weighted by Crippen LogP contribution is 2.21. The molecule has 0 rings (SSSR count). The molecule has 5 nitrogen and oxygen atoms in total. The normalized spacial score (nSPS) is 11.8. The number of rotatable bonds is 11. The Kier molecular flexibility index (Phi) is 12.1. The van der Waals surface area contributed by atoms with Crippen molar-refractivity contribution < 1.29 is 23.9 Å². The van der Waals surface area contributed by atoms with Crippen molar-refractivity contribution in [2.24, 2.45) is 5.92 Å². The average Bonchev–Trinajstić information content (AvgIpc) is 2.47. The second-order valence-electron chi connectivity index (χ2n) is 4.96.